The van der Waals surface area contributed by atoms with Crippen LogP contribution in [0.5, 0.6) is 0 Å². The van der Waals surface area contributed by atoms with Crippen molar-refractivity contribution in [1.82, 2.24) is 15.0 Å². The van der Waals surface area contributed by atoms with Gasteiger partial charge < -0.3 is 15.7 Å². The molecule has 0 aliphatic rings. The molecule has 0 aliphatic carbocycles. The number of benzene rings is 1. The van der Waals surface area contributed by atoms with Gasteiger partial charge in [0, 0.05) is 36.6 Å². The van der Waals surface area contributed by atoms with Gasteiger partial charge in [0.2, 0.25) is 5.95 Å². The molecule has 2 heterocycles. The molecule has 134 valence electrons. The van der Waals surface area contributed by atoms with Crippen LogP contribution in [0, 0.1) is 5.82 Å². The van der Waals surface area contributed by atoms with Crippen molar-refractivity contribution in [3.05, 3.63) is 66.2 Å². The van der Waals surface area contributed by atoms with Crippen LogP contribution in [-0.4, -0.2) is 32.7 Å². The molecular formula is C19H20FN5O. The Labute approximate surface area is 151 Å². The molecule has 3 N–H and O–H groups in total. The molecule has 1 aromatic carbocycles. The fraction of sp³-hybridized carbons (Fsp3) is 0.211. The highest BCUT2D eigenvalue weighted by molar-refractivity contribution is 5.63. The minimum absolute atomic E-state index is 0.0289. The zero-order valence-electron chi connectivity index (χ0n) is 14.4. The molecule has 0 fully saturated rings. The van der Waals surface area contributed by atoms with Gasteiger partial charge in [-0.05, 0) is 36.8 Å². The summed E-state index contributed by atoms with van der Waals surface area (Å²) in [5, 5.41) is 15.5. The Balaban J connectivity index is 1.85. The largest absolute Gasteiger partial charge is 0.394 e. The van der Waals surface area contributed by atoms with Crippen LogP contribution in [0.4, 0.5) is 16.2 Å². The summed E-state index contributed by atoms with van der Waals surface area (Å²) in [5.74, 6) is 0.768. The van der Waals surface area contributed by atoms with Crippen molar-refractivity contribution >= 4 is 11.8 Å². The summed E-state index contributed by atoms with van der Waals surface area (Å²) in [6, 6.07) is 11.7. The quantitative estimate of drug-likeness (QED) is 0.605. The zero-order chi connectivity index (χ0) is 18.4. The maximum absolute atomic E-state index is 13.0. The maximum atomic E-state index is 13.0. The molecule has 3 aromatic rings. The first-order chi connectivity index (χ1) is 12.6. The lowest BCUT2D eigenvalue weighted by Crippen LogP contribution is -2.21. The van der Waals surface area contributed by atoms with Crippen molar-refractivity contribution < 1.29 is 9.50 Å². The van der Waals surface area contributed by atoms with E-state index in [1.54, 1.807) is 24.5 Å². The van der Waals surface area contributed by atoms with Crippen LogP contribution < -0.4 is 10.6 Å². The number of anilines is 2. The number of nitrogens with zero attached hydrogens (tertiary/aromatic N) is 3. The van der Waals surface area contributed by atoms with Gasteiger partial charge in [0.25, 0.3) is 0 Å². The van der Waals surface area contributed by atoms with E-state index in [9.17, 15) is 9.50 Å². The van der Waals surface area contributed by atoms with Crippen molar-refractivity contribution in [2.75, 3.05) is 17.2 Å². The van der Waals surface area contributed by atoms with Crippen LogP contribution in [0.2, 0.25) is 0 Å². The predicted octanol–water partition coefficient (Wildman–Crippen LogP) is 3.08. The molecular weight excluding hydrogens is 333 g/mol. The molecule has 0 amide bonds. The Morgan fingerprint density at radius 2 is 1.96 bits per heavy atom. The first kappa shape index (κ1) is 17.8. The van der Waals surface area contributed by atoms with E-state index < -0.39 is 0 Å². The molecule has 0 bridgehead atoms. The monoisotopic (exact) mass is 353 g/mol. The molecule has 3 rings (SSSR count). The molecule has 0 saturated heterocycles. The van der Waals surface area contributed by atoms with E-state index in [-0.39, 0.29) is 18.5 Å². The minimum Gasteiger partial charge on any atom is -0.394 e. The Morgan fingerprint density at radius 1 is 1.15 bits per heavy atom. The number of hydrogen-bond donors (Lipinski definition) is 3. The van der Waals surface area contributed by atoms with Crippen LogP contribution in [0.15, 0.2) is 54.9 Å². The third-order valence-electron chi connectivity index (χ3n) is 3.72. The summed E-state index contributed by atoms with van der Waals surface area (Å²) in [4.78, 5) is 13.1. The third-order valence-corrected chi connectivity index (χ3v) is 3.72. The van der Waals surface area contributed by atoms with Crippen LogP contribution in [0.25, 0.3) is 11.3 Å². The fourth-order valence-electron chi connectivity index (χ4n) is 2.33. The van der Waals surface area contributed by atoms with Gasteiger partial charge in [-0.1, -0.05) is 12.1 Å². The van der Waals surface area contributed by atoms with Gasteiger partial charge >= 0.3 is 0 Å². The van der Waals surface area contributed by atoms with E-state index in [1.165, 1.54) is 12.1 Å². The number of nitrogens with one attached hydrogen (secondary N) is 2. The topological polar surface area (TPSA) is 83.0 Å². The Hall–Kier alpha value is -3.06. The van der Waals surface area contributed by atoms with Crippen molar-refractivity contribution in [1.29, 1.82) is 0 Å². The molecule has 0 radical (unpaired) electrons. The van der Waals surface area contributed by atoms with Crippen molar-refractivity contribution in [3.8, 4) is 11.3 Å². The van der Waals surface area contributed by atoms with E-state index >= 15 is 0 Å². The van der Waals surface area contributed by atoms with Gasteiger partial charge in [0.05, 0.1) is 12.3 Å². The average Bonchev–Trinajstić information content (AvgIpc) is 2.68. The predicted molar refractivity (Wildman–Crippen MR) is 99.2 cm³/mol. The van der Waals surface area contributed by atoms with E-state index in [1.807, 2.05) is 25.1 Å². The summed E-state index contributed by atoms with van der Waals surface area (Å²) >= 11 is 0. The highest BCUT2D eigenvalue weighted by Gasteiger charge is 2.09. The molecule has 26 heavy (non-hydrogen) atoms. The fourth-order valence-corrected chi connectivity index (χ4v) is 2.33. The molecule has 2 aromatic heterocycles. The van der Waals surface area contributed by atoms with Crippen molar-refractivity contribution in [2.24, 2.45) is 0 Å². The number of aromatic nitrogens is 3. The lowest BCUT2D eigenvalue weighted by Gasteiger charge is -2.14. The second-order valence-electron chi connectivity index (χ2n) is 5.91. The van der Waals surface area contributed by atoms with Gasteiger partial charge in [-0.2, -0.15) is 4.98 Å². The molecule has 6 nitrogen and oxygen atoms in total. The first-order valence-corrected chi connectivity index (χ1v) is 8.29. The summed E-state index contributed by atoms with van der Waals surface area (Å²) in [5.41, 5.74) is 2.51. The standard InChI is InChI=1S/C19H20FN5O/c1-13(12-26)23-19-24-17(15-3-2-8-21-11-15)9-18(25-19)22-10-14-4-6-16(20)7-5-14/h2-9,11,13,26H,10,12H2,1H3,(H2,22,23,24,25)/t13-/m0/s1. The summed E-state index contributed by atoms with van der Waals surface area (Å²) in [7, 11) is 0. The van der Waals surface area contributed by atoms with Gasteiger partial charge in [0.1, 0.15) is 11.6 Å². The summed E-state index contributed by atoms with van der Waals surface area (Å²) in [6.07, 6.45) is 3.43. The number of pyridine rings is 1. The van der Waals surface area contributed by atoms with Crippen LogP contribution in [0.3, 0.4) is 0 Å². The van der Waals surface area contributed by atoms with Crippen molar-refractivity contribution in [2.45, 2.75) is 19.5 Å². The Morgan fingerprint density at radius 3 is 2.65 bits per heavy atom. The lowest BCUT2D eigenvalue weighted by atomic mass is 10.2. The molecule has 0 unspecified atom stereocenters. The Kier molecular flexibility index (Phi) is 5.70. The van der Waals surface area contributed by atoms with Gasteiger partial charge in [-0.3, -0.25) is 4.98 Å². The van der Waals surface area contributed by atoms with Gasteiger partial charge in [-0.25, -0.2) is 9.37 Å². The highest BCUT2D eigenvalue weighted by atomic mass is 19.1. The molecule has 0 saturated carbocycles. The second-order valence-corrected chi connectivity index (χ2v) is 5.91. The van der Waals surface area contributed by atoms with E-state index in [0.29, 0.717) is 24.0 Å². The average molecular weight is 353 g/mol. The number of aliphatic hydroxyl groups excluding tert-OH is 1. The molecule has 0 aliphatic heterocycles. The lowest BCUT2D eigenvalue weighted by molar-refractivity contribution is 0.281. The molecule has 1 atom stereocenters. The summed E-state index contributed by atoms with van der Waals surface area (Å²) < 4.78 is 13.0. The van der Waals surface area contributed by atoms with E-state index in [4.69, 9.17) is 0 Å². The summed E-state index contributed by atoms with van der Waals surface area (Å²) in [6.45, 7) is 2.31. The minimum atomic E-state index is -0.265. The highest BCUT2D eigenvalue weighted by Crippen LogP contribution is 2.21. The van der Waals surface area contributed by atoms with Gasteiger partial charge in [-0.15, -0.1) is 0 Å². The van der Waals surface area contributed by atoms with Crippen LogP contribution in [0.1, 0.15) is 12.5 Å². The molecule has 0 spiro atoms. The van der Waals surface area contributed by atoms with E-state index in [2.05, 4.69) is 25.6 Å². The van der Waals surface area contributed by atoms with Crippen LogP contribution in [-0.2, 0) is 6.54 Å². The number of aliphatic hydroxyl groups is 1. The van der Waals surface area contributed by atoms with Gasteiger partial charge in [0.15, 0.2) is 0 Å². The van der Waals surface area contributed by atoms with Crippen molar-refractivity contribution in [3.63, 3.8) is 0 Å². The smallest absolute Gasteiger partial charge is 0.225 e. The second kappa shape index (κ2) is 8.35. The maximum Gasteiger partial charge on any atom is 0.225 e. The zero-order valence-corrected chi connectivity index (χ0v) is 14.4. The molecule has 7 heteroatoms. The first-order valence-electron chi connectivity index (χ1n) is 8.29. The van der Waals surface area contributed by atoms with Crippen LogP contribution >= 0.6 is 0 Å². The number of rotatable bonds is 7. The number of halogens is 1. The third kappa shape index (κ3) is 4.73. The Bertz CT molecular complexity index is 842. The van der Waals surface area contributed by atoms with E-state index in [0.717, 1.165) is 11.1 Å². The number of hydrogen-bond acceptors (Lipinski definition) is 6. The normalized spacial score (nSPS) is 11.8. The SMILES string of the molecule is C[C@@H](CO)Nc1nc(NCc2ccc(F)cc2)cc(-c2cccnc2)n1.